The lowest BCUT2D eigenvalue weighted by atomic mass is 9.96. The van der Waals surface area contributed by atoms with Gasteiger partial charge in [-0.3, -0.25) is 19.6 Å². The van der Waals surface area contributed by atoms with Crippen LogP contribution >= 0.6 is 0 Å². The Morgan fingerprint density at radius 1 is 0.946 bits per heavy atom. The average Bonchev–Trinajstić information content (AvgIpc) is 3.38. The SMILES string of the molecule is CN=CC=Nc1ccc(C2CC(c3ccc(-c4ccc(OC)cc4)cc3)=NN2C(=O)CCC(=O)O)cc1. The Labute approximate surface area is 215 Å². The van der Waals surface area contributed by atoms with E-state index >= 15 is 0 Å². The third-order valence-electron chi connectivity index (χ3n) is 6.08. The number of rotatable bonds is 9. The van der Waals surface area contributed by atoms with Crippen LogP contribution in [0.15, 0.2) is 87.9 Å². The lowest BCUT2D eigenvalue weighted by Crippen LogP contribution is -2.27. The van der Waals surface area contributed by atoms with Crippen LogP contribution in [0.2, 0.25) is 0 Å². The molecule has 0 aromatic heterocycles. The smallest absolute Gasteiger partial charge is 0.303 e. The number of ether oxygens (including phenoxy) is 1. The van der Waals surface area contributed by atoms with Crippen molar-refractivity contribution in [2.75, 3.05) is 14.2 Å². The number of hydrazone groups is 1. The molecule has 1 atom stereocenters. The molecule has 0 bridgehead atoms. The van der Waals surface area contributed by atoms with Gasteiger partial charge in [-0.15, -0.1) is 0 Å². The van der Waals surface area contributed by atoms with Crippen LogP contribution in [0.4, 0.5) is 5.69 Å². The van der Waals surface area contributed by atoms with Gasteiger partial charge in [-0.25, -0.2) is 5.01 Å². The number of aliphatic imine (C=N–C) groups is 2. The van der Waals surface area contributed by atoms with E-state index in [1.165, 1.54) is 5.01 Å². The Kier molecular flexibility index (Phi) is 8.20. The normalized spacial score (nSPS) is 15.4. The zero-order valence-corrected chi connectivity index (χ0v) is 20.7. The number of hydrogen-bond acceptors (Lipinski definition) is 6. The van der Waals surface area contributed by atoms with Crippen LogP contribution in [0.3, 0.4) is 0 Å². The molecule has 4 rings (SSSR count). The molecule has 37 heavy (non-hydrogen) atoms. The Balaban J connectivity index is 1.57. The molecular formula is C29H28N4O4. The summed E-state index contributed by atoms with van der Waals surface area (Å²) in [6.07, 6.45) is 3.39. The quantitative estimate of drug-likeness (QED) is 0.406. The van der Waals surface area contributed by atoms with Crippen molar-refractivity contribution in [3.05, 3.63) is 83.9 Å². The number of carboxylic acids is 1. The summed E-state index contributed by atoms with van der Waals surface area (Å²) in [5.41, 5.74) is 5.48. The molecule has 8 nitrogen and oxygen atoms in total. The van der Waals surface area contributed by atoms with Gasteiger partial charge in [0.2, 0.25) is 5.91 Å². The van der Waals surface area contributed by atoms with Crippen LogP contribution in [-0.4, -0.2) is 54.3 Å². The zero-order chi connectivity index (χ0) is 26.2. The third kappa shape index (κ3) is 6.35. The van der Waals surface area contributed by atoms with Crippen LogP contribution in [-0.2, 0) is 9.59 Å². The molecular weight excluding hydrogens is 468 g/mol. The minimum Gasteiger partial charge on any atom is -0.497 e. The molecule has 1 aliphatic rings. The predicted octanol–water partition coefficient (Wildman–Crippen LogP) is 5.31. The minimum absolute atomic E-state index is 0.113. The van der Waals surface area contributed by atoms with Crippen molar-refractivity contribution in [2.24, 2.45) is 15.1 Å². The molecule has 188 valence electrons. The summed E-state index contributed by atoms with van der Waals surface area (Å²) >= 11 is 0. The van der Waals surface area contributed by atoms with Gasteiger partial charge >= 0.3 is 5.97 Å². The second-order valence-corrected chi connectivity index (χ2v) is 8.48. The molecule has 0 radical (unpaired) electrons. The fourth-order valence-corrected chi connectivity index (χ4v) is 4.11. The first kappa shape index (κ1) is 25.5. The van der Waals surface area contributed by atoms with Crippen LogP contribution in [0.25, 0.3) is 11.1 Å². The molecule has 1 aliphatic heterocycles. The number of methoxy groups -OCH3 is 1. The lowest BCUT2D eigenvalue weighted by Gasteiger charge is -2.22. The maximum absolute atomic E-state index is 13.0. The molecule has 0 fully saturated rings. The fourth-order valence-electron chi connectivity index (χ4n) is 4.11. The molecule has 3 aromatic carbocycles. The van der Waals surface area contributed by atoms with Gasteiger partial charge in [0.05, 0.1) is 31.0 Å². The summed E-state index contributed by atoms with van der Waals surface area (Å²) in [5, 5.41) is 15.1. The number of aliphatic carboxylic acids is 1. The van der Waals surface area contributed by atoms with Crippen molar-refractivity contribution in [1.82, 2.24) is 5.01 Å². The topological polar surface area (TPSA) is 104 Å². The molecule has 1 unspecified atom stereocenters. The van der Waals surface area contributed by atoms with E-state index in [2.05, 4.69) is 15.1 Å². The van der Waals surface area contributed by atoms with E-state index in [-0.39, 0.29) is 24.8 Å². The summed E-state index contributed by atoms with van der Waals surface area (Å²) in [5.74, 6) is -0.534. The Morgan fingerprint density at radius 2 is 1.57 bits per heavy atom. The van der Waals surface area contributed by atoms with E-state index in [9.17, 15) is 9.59 Å². The fraction of sp³-hybridized carbons (Fsp3) is 0.207. The van der Waals surface area contributed by atoms with Gasteiger partial charge in [0.25, 0.3) is 0 Å². The largest absolute Gasteiger partial charge is 0.497 e. The molecule has 0 saturated heterocycles. The van der Waals surface area contributed by atoms with Gasteiger partial charge in [0.1, 0.15) is 5.75 Å². The molecule has 1 heterocycles. The number of carbonyl (C=O) groups is 2. The van der Waals surface area contributed by atoms with Crippen molar-refractivity contribution in [2.45, 2.75) is 25.3 Å². The molecule has 8 heteroatoms. The van der Waals surface area contributed by atoms with Gasteiger partial charge in [-0.05, 0) is 46.5 Å². The predicted molar refractivity (Wildman–Crippen MR) is 145 cm³/mol. The summed E-state index contributed by atoms with van der Waals surface area (Å²) < 4.78 is 5.23. The maximum Gasteiger partial charge on any atom is 0.303 e. The molecule has 0 saturated carbocycles. The monoisotopic (exact) mass is 496 g/mol. The average molecular weight is 497 g/mol. The van der Waals surface area contributed by atoms with Crippen molar-refractivity contribution in [3.63, 3.8) is 0 Å². The van der Waals surface area contributed by atoms with Gasteiger partial charge in [0, 0.05) is 32.3 Å². The lowest BCUT2D eigenvalue weighted by molar-refractivity contribution is -0.141. The highest BCUT2D eigenvalue weighted by molar-refractivity contribution is 6.16. The standard InChI is InChI=1S/C29H28N4O4/c1-30-17-18-31-24-11-7-23(8-12-24)27-19-26(32-33(27)28(34)15-16-29(35)36)22-5-3-20(4-6-22)21-9-13-25(37-2)14-10-21/h3-14,17-18,27H,15-16,19H2,1-2H3,(H,35,36). The van der Waals surface area contributed by atoms with E-state index in [1.807, 2.05) is 72.8 Å². The molecule has 3 aromatic rings. The van der Waals surface area contributed by atoms with Crippen molar-refractivity contribution in [3.8, 4) is 16.9 Å². The summed E-state index contributed by atoms with van der Waals surface area (Å²) in [6.45, 7) is 0. The maximum atomic E-state index is 13.0. The van der Waals surface area contributed by atoms with Gasteiger partial charge in [-0.2, -0.15) is 5.10 Å². The first-order valence-corrected chi connectivity index (χ1v) is 11.9. The molecule has 1 N–H and O–H groups in total. The number of nitrogens with zero attached hydrogens (tertiary/aromatic N) is 4. The minimum atomic E-state index is -1.01. The van der Waals surface area contributed by atoms with Crippen LogP contribution in [0.1, 0.15) is 36.4 Å². The Morgan fingerprint density at radius 3 is 2.16 bits per heavy atom. The van der Waals surface area contributed by atoms with Crippen LogP contribution in [0, 0.1) is 0 Å². The Bertz CT molecular complexity index is 1330. The van der Waals surface area contributed by atoms with E-state index in [0.717, 1.165) is 39.4 Å². The van der Waals surface area contributed by atoms with Gasteiger partial charge < -0.3 is 9.84 Å². The molecule has 0 aliphatic carbocycles. The first-order valence-electron chi connectivity index (χ1n) is 11.9. The summed E-state index contributed by atoms with van der Waals surface area (Å²) in [4.78, 5) is 32.2. The van der Waals surface area contributed by atoms with E-state index in [4.69, 9.17) is 9.84 Å². The van der Waals surface area contributed by atoms with Crippen molar-refractivity contribution < 1.29 is 19.4 Å². The third-order valence-corrected chi connectivity index (χ3v) is 6.08. The molecule has 1 amide bonds. The highest BCUT2D eigenvalue weighted by atomic mass is 16.5. The first-order chi connectivity index (χ1) is 18.0. The highest BCUT2D eigenvalue weighted by Crippen LogP contribution is 2.34. The van der Waals surface area contributed by atoms with Crippen LogP contribution in [0.5, 0.6) is 5.75 Å². The second kappa shape index (κ2) is 11.9. The highest BCUT2D eigenvalue weighted by Gasteiger charge is 2.33. The number of hydrogen-bond donors (Lipinski definition) is 1. The number of carboxylic acid groups (broad SMARTS) is 1. The second-order valence-electron chi connectivity index (χ2n) is 8.48. The van der Waals surface area contributed by atoms with Crippen molar-refractivity contribution >= 4 is 35.7 Å². The van der Waals surface area contributed by atoms with Crippen molar-refractivity contribution in [1.29, 1.82) is 0 Å². The summed E-state index contributed by atoms with van der Waals surface area (Å²) in [7, 11) is 3.32. The van der Waals surface area contributed by atoms with Gasteiger partial charge in [-0.1, -0.05) is 48.5 Å². The zero-order valence-electron chi connectivity index (χ0n) is 20.7. The number of carbonyl (C=O) groups excluding carboxylic acids is 1. The molecule has 0 spiro atoms. The van der Waals surface area contributed by atoms with Crippen LogP contribution < -0.4 is 4.74 Å². The van der Waals surface area contributed by atoms with E-state index < -0.39 is 5.97 Å². The van der Waals surface area contributed by atoms with E-state index in [0.29, 0.717) is 6.42 Å². The Hall–Kier alpha value is -4.59. The summed E-state index contributed by atoms with van der Waals surface area (Å²) in [6, 6.07) is 23.1. The number of amides is 1. The van der Waals surface area contributed by atoms with E-state index in [1.54, 1.807) is 26.6 Å². The number of benzene rings is 3. The van der Waals surface area contributed by atoms with Gasteiger partial charge in [0.15, 0.2) is 0 Å².